The van der Waals surface area contributed by atoms with Crippen molar-refractivity contribution in [2.24, 2.45) is 0 Å². The van der Waals surface area contributed by atoms with Crippen LogP contribution in [0.3, 0.4) is 0 Å². The number of benzene rings is 2. The van der Waals surface area contributed by atoms with Crippen LogP contribution < -0.4 is 9.46 Å². The third-order valence-corrected chi connectivity index (χ3v) is 7.43. The number of morpholine rings is 2. The van der Waals surface area contributed by atoms with Gasteiger partial charge in [-0.1, -0.05) is 12.1 Å². The van der Waals surface area contributed by atoms with Gasteiger partial charge in [-0.2, -0.15) is 10.5 Å². The van der Waals surface area contributed by atoms with Crippen LogP contribution >= 0.6 is 0 Å². The van der Waals surface area contributed by atoms with Crippen molar-refractivity contribution in [3.8, 4) is 17.9 Å². The Kier molecular flexibility index (Phi) is 7.78. The van der Waals surface area contributed by atoms with Gasteiger partial charge in [-0.25, -0.2) is 13.1 Å². The van der Waals surface area contributed by atoms with Gasteiger partial charge < -0.3 is 9.47 Å². The lowest BCUT2D eigenvalue weighted by Gasteiger charge is -2.45. The van der Waals surface area contributed by atoms with Crippen molar-refractivity contribution >= 4 is 10.0 Å². The lowest BCUT2D eigenvalue weighted by molar-refractivity contribution is -0.138. The number of rotatable bonds is 9. The Labute approximate surface area is 200 Å². The average molecular weight is 482 g/mol. The van der Waals surface area contributed by atoms with Crippen LogP contribution in [0, 0.1) is 22.7 Å². The van der Waals surface area contributed by atoms with E-state index in [-0.39, 0.29) is 29.2 Å². The zero-order valence-corrected chi connectivity index (χ0v) is 19.6. The highest BCUT2D eigenvalue weighted by Crippen LogP contribution is 2.19. The summed E-state index contributed by atoms with van der Waals surface area (Å²) >= 11 is 0. The van der Waals surface area contributed by atoms with Gasteiger partial charge >= 0.3 is 0 Å². The summed E-state index contributed by atoms with van der Waals surface area (Å²) in [5, 5.41) is 18.0. The first kappa shape index (κ1) is 24.1. The molecule has 2 fully saturated rings. The van der Waals surface area contributed by atoms with Crippen LogP contribution in [0.2, 0.25) is 0 Å². The molecule has 2 aromatic rings. The third-order valence-electron chi connectivity index (χ3n) is 5.91. The van der Waals surface area contributed by atoms with Crippen LogP contribution in [-0.2, 0) is 14.8 Å². The summed E-state index contributed by atoms with van der Waals surface area (Å²) in [5.74, 6) is 0.749. The van der Waals surface area contributed by atoms with Crippen LogP contribution in [0.1, 0.15) is 11.1 Å². The summed E-state index contributed by atoms with van der Waals surface area (Å²) in [6.07, 6.45) is 0.136. The molecule has 0 radical (unpaired) electrons. The van der Waals surface area contributed by atoms with Crippen molar-refractivity contribution in [1.82, 2.24) is 14.5 Å². The van der Waals surface area contributed by atoms with E-state index >= 15 is 0 Å². The molecule has 4 rings (SSSR count). The fourth-order valence-corrected chi connectivity index (χ4v) is 5.53. The summed E-state index contributed by atoms with van der Waals surface area (Å²) in [6.45, 7) is 5.25. The van der Waals surface area contributed by atoms with Crippen LogP contribution in [0.5, 0.6) is 5.75 Å². The normalized spacial score (nSPS) is 20.9. The highest BCUT2D eigenvalue weighted by molar-refractivity contribution is 7.89. The first-order valence-electron chi connectivity index (χ1n) is 11.2. The summed E-state index contributed by atoms with van der Waals surface area (Å²) in [6, 6.07) is 17.3. The van der Waals surface area contributed by atoms with Crippen molar-refractivity contribution in [3.05, 3.63) is 59.7 Å². The molecular weight excluding hydrogens is 454 g/mol. The molecule has 0 amide bonds. The molecule has 0 spiro atoms. The quantitative estimate of drug-likeness (QED) is 0.567. The Bertz CT molecular complexity index is 1160. The molecule has 2 bridgehead atoms. The Hall–Kier alpha value is -2.99. The van der Waals surface area contributed by atoms with E-state index in [1.807, 2.05) is 6.07 Å². The monoisotopic (exact) mass is 481 g/mol. The zero-order chi connectivity index (χ0) is 24.0. The van der Waals surface area contributed by atoms with E-state index in [1.54, 1.807) is 36.4 Å². The van der Waals surface area contributed by atoms with E-state index in [1.165, 1.54) is 12.1 Å². The maximum Gasteiger partial charge on any atom is 0.241 e. The number of ether oxygens (including phenoxy) is 2. The first-order chi connectivity index (χ1) is 16.5. The maximum atomic E-state index is 12.6. The van der Waals surface area contributed by atoms with Crippen molar-refractivity contribution in [3.63, 3.8) is 0 Å². The van der Waals surface area contributed by atoms with E-state index in [4.69, 9.17) is 20.0 Å². The molecular formula is C24H27N5O4S. The van der Waals surface area contributed by atoms with E-state index < -0.39 is 10.0 Å². The molecule has 2 heterocycles. The van der Waals surface area contributed by atoms with E-state index in [0.29, 0.717) is 18.7 Å². The van der Waals surface area contributed by atoms with Crippen LogP contribution in [-0.4, -0.2) is 82.8 Å². The predicted molar refractivity (Wildman–Crippen MR) is 125 cm³/mol. The Morgan fingerprint density at radius 2 is 1.59 bits per heavy atom. The highest BCUT2D eigenvalue weighted by atomic mass is 32.2. The van der Waals surface area contributed by atoms with Gasteiger partial charge in [-0.05, 0) is 36.4 Å². The van der Waals surface area contributed by atoms with E-state index in [2.05, 4.69) is 20.6 Å². The average Bonchev–Trinajstić information content (AvgIpc) is 2.84. The van der Waals surface area contributed by atoms with Gasteiger partial charge in [0.05, 0.1) is 34.3 Å². The number of fused-ring (bicyclic) bond motifs is 2. The standard InChI is InChI=1S/C24H27N5O4S/c25-13-19-5-7-21(8-6-19)32-12-11-29-17-22-15-28(16-23(18-29)33-22)10-9-27-34(30,31)24-4-2-1-3-20(24)14-26/h1-8,22-23,27H,9-12,15-18H2. The summed E-state index contributed by atoms with van der Waals surface area (Å²) in [5.41, 5.74) is 0.747. The summed E-state index contributed by atoms with van der Waals surface area (Å²) in [4.78, 5) is 4.57. The lowest BCUT2D eigenvalue weighted by atomic mass is 10.1. The molecule has 1 N–H and O–H groups in total. The van der Waals surface area contributed by atoms with Crippen LogP contribution in [0.15, 0.2) is 53.4 Å². The van der Waals surface area contributed by atoms with Gasteiger partial charge in [0, 0.05) is 45.8 Å². The zero-order valence-electron chi connectivity index (χ0n) is 18.8. The molecule has 2 aromatic carbocycles. The minimum atomic E-state index is -3.74. The number of nitrogens with zero attached hydrogens (tertiary/aromatic N) is 4. The maximum absolute atomic E-state index is 12.6. The molecule has 2 saturated heterocycles. The molecule has 2 unspecified atom stereocenters. The highest BCUT2D eigenvalue weighted by Gasteiger charge is 2.34. The second-order valence-corrected chi connectivity index (χ2v) is 10.1. The second kappa shape index (κ2) is 11.0. The number of nitrogens with one attached hydrogen (secondary N) is 1. The largest absolute Gasteiger partial charge is 0.492 e. The predicted octanol–water partition coefficient (Wildman–Crippen LogP) is 1.17. The molecule has 2 aliphatic heterocycles. The van der Waals surface area contributed by atoms with Gasteiger partial charge in [0.25, 0.3) is 0 Å². The number of hydrogen-bond donors (Lipinski definition) is 1. The third kappa shape index (κ3) is 6.11. The molecule has 34 heavy (non-hydrogen) atoms. The Balaban J connectivity index is 1.20. The van der Waals surface area contributed by atoms with Gasteiger partial charge in [-0.15, -0.1) is 0 Å². The van der Waals surface area contributed by atoms with Crippen molar-refractivity contribution < 1.29 is 17.9 Å². The van der Waals surface area contributed by atoms with E-state index in [9.17, 15) is 8.42 Å². The molecule has 178 valence electrons. The van der Waals surface area contributed by atoms with Gasteiger partial charge in [0.2, 0.25) is 10.0 Å². The Morgan fingerprint density at radius 3 is 2.24 bits per heavy atom. The minimum Gasteiger partial charge on any atom is -0.492 e. The Morgan fingerprint density at radius 1 is 0.941 bits per heavy atom. The van der Waals surface area contributed by atoms with Crippen molar-refractivity contribution in [2.75, 3.05) is 52.4 Å². The fraction of sp³-hybridized carbons (Fsp3) is 0.417. The van der Waals surface area contributed by atoms with Gasteiger partial charge in [0.15, 0.2) is 0 Å². The smallest absolute Gasteiger partial charge is 0.241 e. The van der Waals surface area contributed by atoms with Crippen LogP contribution in [0.25, 0.3) is 0 Å². The topological polar surface area (TPSA) is 119 Å². The molecule has 2 atom stereocenters. The molecule has 0 saturated carbocycles. The van der Waals surface area contributed by atoms with Crippen molar-refractivity contribution in [2.45, 2.75) is 17.1 Å². The van der Waals surface area contributed by atoms with Crippen LogP contribution in [0.4, 0.5) is 0 Å². The van der Waals surface area contributed by atoms with Gasteiger partial charge in [-0.3, -0.25) is 9.80 Å². The number of sulfonamides is 1. The number of nitriles is 2. The molecule has 2 aliphatic rings. The number of hydrogen-bond acceptors (Lipinski definition) is 8. The SMILES string of the molecule is N#Cc1ccc(OCCN2CC3CN(CCNS(=O)(=O)c4ccccc4C#N)CC(C2)O3)cc1. The molecule has 0 aliphatic carbocycles. The summed E-state index contributed by atoms with van der Waals surface area (Å²) in [7, 11) is -3.74. The van der Waals surface area contributed by atoms with Crippen molar-refractivity contribution in [1.29, 1.82) is 10.5 Å². The van der Waals surface area contributed by atoms with Gasteiger partial charge in [0.1, 0.15) is 18.4 Å². The lowest BCUT2D eigenvalue weighted by Crippen LogP contribution is -2.60. The minimum absolute atomic E-state index is 0.00946. The second-order valence-electron chi connectivity index (χ2n) is 8.39. The molecule has 9 nitrogen and oxygen atoms in total. The summed E-state index contributed by atoms with van der Waals surface area (Å²) < 4.78 is 39.7. The fourth-order valence-electron chi connectivity index (χ4n) is 4.35. The first-order valence-corrected chi connectivity index (χ1v) is 12.7. The van der Waals surface area contributed by atoms with E-state index in [0.717, 1.165) is 38.5 Å². The molecule has 0 aromatic heterocycles. The molecule has 10 heteroatoms.